The summed E-state index contributed by atoms with van der Waals surface area (Å²) < 4.78 is 31.3. The lowest BCUT2D eigenvalue weighted by Crippen LogP contribution is -2.41. The molecule has 0 aromatic rings. The van der Waals surface area contributed by atoms with Crippen LogP contribution in [0.25, 0.3) is 0 Å². The molecule has 0 unspecified atom stereocenters. The highest BCUT2D eigenvalue weighted by atomic mass is 32.2. The van der Waals surface area contributed by atoms with Gasteiger partial charge in [-0.15, -0.1) is 0 Å². The van der Waals surface area contributed by atoms with Gasteiger partial charge in [-0.2, -0.15) is 8.42 Å². The van der Waals surface area contributed by atoms with E-state index in [1.165, 1.54) is 116 Å². The third kappa shape index (κ3) is 27.8. The summed E-state index contributed by atoms with van der Waals surface area (Å²) >= 11 is 0. The molecule has 0 aliphatic heterocycles. The number of rotatable bonds is 23. The first-order valence-corrected chi connectivity index (χ1v) is 14.6. The Hall–Kier alpha value is -0.170. The van der Waals surface area contributed by atoms with Crippen LogP contribution in [0.1, 0.15) is 129 Å². The first kappa shape index (κ1) is 33.0. The van der Waals surface area contributed by atoms with Crippen LogP contribution in [0.4, 0.5) is 0 Å². The fourth-order valence-electron chi connectivity index (χ4n) is 4.23. The van der Waals surface area contributed by atoms with Gasteiger partial charge in [-0.3, -0.25) is 4.55 Å². The van der Waals surface area contributed by atoms with Crippen molar-refractivity contribution < 1.29 is 22.9 Å². The molecule has 0 aliphatic carbocycles. The molecule has 0 aromatic heterocycles. The Morgan fingerprint density at radius 1 is 0.548 bits per heavy atom. The minimum atomic E-state index is -3.81. The van der Waals surface area contributed by atoms with Crippen LogP contribution in [-0.4, -0.2) is 55.9 Å². The summed E-state index contributed by atoms with van der Waals surface area (Å²) in [7, 11) is 0.491. The van der Waals surface area contributed by atoms with Crippen LogP contribution in [-0.2, 0) is 10.1 Å². The zero-order chi connectivity index (χ0) is 22.6. The Bertz CT molecular complexity index is 466. The third-order valence-electron chi connectivity index (χ3n) is 6.28. The van der Waals surface area contributed by atoms with Crippen molar-refractivity contribution in [2.24, 2.45) is 0 Å². The zero-order valence-electron chi connectivity index (χ0n) is 21.1. The molecule has 0 radical (unpaired) electrons. The molecule has 0 saturated carbocycles. The lowest BCUT2D eigenvalue weighted by molar-refractivity contribution is -0.890. The van der Waals surface area contributed by atoms with Crippen molar-refractivity contribution in [1.82, 2.24) is 0 Å². The lowest BCUT2D eigenvalue weighted by atomic mass is 10.0. The van der Waals surface area contributed by atoms with Gasteiger partial charge in [0, 0.05) is 6.42 Å². The molecule has 190 valence electrons. The van der Waals surface area contributed by atoms with Gasteiger partial charge < -0.3 is 9.96 Å². The predicted octanol–water partition coefficient (Wildman–Crippen LogP) is 7.21. The van der Waals surface area contributed by atoms with Crippen LogP contribution in [0.15, 0.2) is 0 Å². The highest BCUT2D eigenvalue weighted by Gasteiger charge is 2.16. The Kier molecular flexibility index (Phi) is 23.1. The van der Waals surface area contributed by atoms with E-state index in [4.69, 9.17) is 4.55 Å². The molecule has 0 bridgehead atoms. The molecule has 0 atom stereocenters. The average Bonchev–Trinajstić information content (AvgIpc) is 2.65. The van der Waals surface area contributed by atoms with E-state index >= 15 is 0 Å². The van der Waals surface area contributed by atoms with Crippen LogP contribution in [0, 0.1) is 0 Å². The Labute approximate surface area is 195 Å². The summed E-state index contributed by atoms with van der Waals surface area (Å²) in [4.78, 5) is 0. The van der Waals surface area contributed by atoms with E-state index in [0.717, 1.165) is 17.6 Å². The second-order valence-electron chi connectivity index (χ2n) is 10.0. The molecule has 0 saturated heterocycles. The van der Waals surface area contributed by atoms with Crippen LogP contribution in [0.5, 0.6) is 0 Å². The Morgan fingerprint density at radius 3 is 1.16 bits per heavy atom. The fourth-order valence-corrected chi connectivity index (χ4v) is 4.72. The molecular weight excluding hydrogens is 410 g/mol. The fraction of sp³-hybridized carbons (Fsp3) is 1.00. The molecule has 0 aliphatic rings. The normalized spacial score (nSPS) is 12.1. The summed E-state index contributed by atoms with van der Waals surface area (Å²) in [5, 5.41) is 0. The maximum atomic E-state index is 10.8. The Balaban J connectivity index is 0. The van der Waals surface area contributed by atoms with E-state index in [2.05, 4.69) is 21.0 Å². The summed E-state index contributed by atoms with van der Waals surface area (Å²) in [5.74, 6) is -0.117. The van der Waals surface area contributed by atoms with Gasteiger partial charge >= 0.3 is 0 Å². The van der Waals surface area contributed by atoms with E-state index in [-0.39, 0.29) is 11.2 Å². The maximum Gasteiger partial charge on any atom is 0.265 e. The van der Waals surface area contributed by atoms with Crippen LogP contribution < -0.4 is 0 Å². The molecule has 2 N–H and O–H groups in total. The largest absolute Gasteiger partial charge is 0.870 e. The minimum absolute atomic E-state index is 0. The Morgan fingerprint density at radius 2 is 0.839 bits per heavy atom. The number of nitrogens with zero attached hydrogens (tertiary/aromatic N) is 1. The number of unbranched alkanes of at least 4 members (excludes halogenated alkanes) is 17. The minimum Gasteiger partial charge on any atom is -0.870 e. The van der Waals surface area contributed by atoms with Gasteiger partial charge in [0.05, 0.1) is 32.9 Å². The standard InChI is InChI=1S/C25H53NO3S.H2O/c1-4-5-6-7-8-9-10-11-12-13-14-15-16-17-18-19-20-21-23-26(2,3)24-22-25-30(27,28)29;/h4-25H2,1-3H3;1H2. The number of quaternary nitrogens is 1. The number of hydrogen-bond donors (Lipinski definition) is 1. The van der Waals surface area contributed by atoms with Crippen molar-refractivity contribution in [3.63, 3.8) is 0 Å². The van der Waals surface area contributed by atoms with E-state index < -0.39 is 10.1 Å². The van der Waals surface area contributed by atoms with Gasteiger partial charge in [0.1, 0.15) is 0 Å². The summed E-state index contributed by atoms with van der Waals surface area (Å²) in [6.45, 7) is 4.17. The van der Waals surface area contributed by atoms with Crippen LogP contribution >= 0.6 is 0 Å². The summed E-state index contributed by atoms with van der Waals surface area (Å²) in [6.07, 6.45) is 25.6. The second-order valence-corrected chi connectivity index (χ2v) is 11.6. The topological polar surface area (TPSA) is 84.4 Å². The van der Waals surface area contributed by atoms with Crippen molar-refractivity contribution >= 4 is 10.1 Å². The van der Waals surface area contributed by atoms with Crippen molar-refractivity contribution in [1.29, 1.82) is 0 Å². The van der Waals surface area contributed by atoms with E-state index in [0.29, 0.717) is 6.42 Å². The molecule has 5 nitrogen and oxygen atoms in total. The summed E-state index contributed by atoms with van der Waals surface area (Å²) in [5.41, 5.74) is 0. The molecule has 31 heavy (non-hydrogen) atoms. The predicted molar refractivity (Wildman–Crippen MR) is 134 cm³/mol. The van der Waals surface area contributed by atoms with Gasteiger partial charge in [-0.25, -0.2) is 0 Å². The molecule has 6 heteroatoms. The van der Waals surface area contributed by atoms with Gasteiger partial charge in [0.2, 0.25) is 0 Å². The first-order valence-electron chi connectivity index (χ1n) is 13.0. The van der Waals surface area contributed by atoms with Gasteiger partial charge in [0.15, 0.2) is 0 Å². The van der Waals surface area contributed by atoms with Crippen molar-refractivity contribution in [2.75, 3.05) is 32.9 Å². The number of hydrogen-bond acceptors (Lipinski definition) is 3. The van der Waals surface area contributed by atoms with Gasteiger partial charge in [0.25, 0.3) is 10.1 Å². The van der Waals surface area contributed by atoms with Crippen LogP contribution in [0.2, 0.25) is 0 Å². The summed E-state index contributed by atoms with van der Waals surface area (Å²) in [6, 6.07) is 0. The third-order valence-corrected chi connectivity index (χ3v) is 7.09. The monoisotopic (exact) mass is 465 g/mol. The molecule has 0 aromatic carbocycles. The molecule has 0 rings (SSSR count). The van der Waals surface area contributed by atoms with Crippen molar-refractivity contribution in [3.8, 4) is 0 Å². The van der Waals surface area contributed by atoms with Gasteiger partial charge in [-0.1, -0.05) is 110 Å². The molecule has 0 amide bonds. The van der Waals surface area contributed by atoms with E-state index in [1.54, 1.807) is 0 Å². The van der Waals surface area contributed by atoms with Crippen molar-refractivity contribution in [2.45, 2.75) is 129 Å². The molecule has 0 heterocycles. The molecular formula is C25H55NO4S. The van der Waals surface area contributed by atoms with E-state index in [9.17, 15) is 8.42 Å². The smallest absolute Gasteiger partial charge is 0.265 e. The average molecular weight is 466 g/mol. The maximum absolute atomic E-state index is 10.8. The highest BCUT2D eigenvalue weighted by Crippen LogP contribution is 2.14. The van der Waals surface area contributed by atoms with Gasteiger partial charge in [-0.05, 0) is 12.8 Å². The van der Waals surface area contributed by atoms with E-state index in [1.807, 2.05) is 0 Å². The quantitative estimate of drug-likeness (QED) is 0.0981. The first-order chi connectivity index (χ1) is 14.3. The SMILES string of the molecule is CCCCCCCCCCCCCCCCCCCC[N+](C)(C)CCCS(=O)(=O)O.[OH-]. The second kappa shape index (κ2) is 21.7. The lowest BCUT2D eigenvalue weighted by Gasteiger charge is -2.29. The zero-order valence-corrected chi connectivity index (χ0v) is 21.9. The van der Waals surface area contributed by atoms with Crippen molar-refractivity contribution in [3.05, 3.63) is 0 Å². The van der Waals surface area contributed by atoms with Crippen LogP contribution in [0.3, 0.4) is 0 Å². The highest BCUT2D eigenvalue weighted by molar-refractivity contribution is 7.85. The molecule has 0 spiro atoms. The molecule has 0 fully saturated rings.